The first kappa shape index (κ1) is 26.1. The van der Waals surface area contributed by atoms with Gasteiger partial charge in [0.15, 0.2) is 0 Å². The maximum atomic E-state index is 6.45. The Balaban J connectivity index is 1.61. The van der Waals surface area contributed by atoms with Crippen LogP contribution in [0.1, 0.15) is 82.1 Å². The Morgan fingerprint density at radius 2 is 1.11 bits per heavy atom. The average Bonchev–Trinajstić information content (AvgIpc) is 3.24. The first-order valence-electron chi connectivity index (χ1n) is 14.2. The molecule has 196 valence electrons. The van der Waals surface area contributed by atoms with Crippen LogP contribution in [0.25, 0.3) is 11.1 Å². The fourth-order valence-corrected chi connectivity index (χ4v) is 5.90. The summed E-state index contributed by atoms with van der Waals surface area (Å²) in [4.78, 5) is 0. The fourth-order valence-electron chi connectivity index (χ4n) is 5.90. The zero-order valence-electron chi connectivity index (χ0n) is 23.3. The topological polar surface area (TPSA) is 18.5 Å². The summed E-state index contributed by atoms with van der Waals surface area (Å²) in [6.45, 7) is 9.54. The smallest absolute Gasteiger partial charge is 0.120 e. The van der Waals surface area contributed by atoms with Gasteiger partial charge >= 0.3 is 0 Å². The molecule has 0 unspecified atom stereocenters. The van der Waals surface area contributed by atoms with E-state index in [1.165, 1.54) is 46.2 Å². The van der Waals surface area contributed by atoms with Crippen molar-refractivity contribution in [1.29, 1.82) is 0 Å². The number of rotatable bonds is 11. The molecule has 0 heterocycles. The fraction of sp³-hybridized carbons (Fsp3) is 0.333. The van der Waals surface area contributed by atoms with Gasteiger partial charge in [0.2, 0.25) is 0 Å². The van der Waals surface area contributed by atoms with Crippen molar-refractivity contribution >= 4 is 0 Å². The van der Waals surface area contributed by atoms with Gasteiger partial charge in [-0.25, -0.2) is 0 Å². The Labute approximate surface area is 228 Å². The van der Waals surface area contributed by atoms with Crippen LogP contribution in [0.3, 0.4) is 0 Å². The lowest BCUT2D eigenvalue weighted by molar-refractivity contribution is 0.0967. The van der Waals surface area contributed by atoms with Gasteiger partial charge in [0.25, 0.3) is 0 Å². The third kappa shape index (κ3) is 4.85. The molecule has 0 aliphatic heterocycles. The quantitative estimate of drug-likeness (QED) is 0.167. The second-order valence-corrected chi connectivity index (χ2v) is 11.1. The molecule has 1 aliphatic rings. The first-order chi connectivity index (χ1) is 18.5. The summed E-state index contributed by atoms with van der Waals surface area (Å²) < 4.78 is 12.5. The van der Waals surface area contributed by atoms with Gasteiger partial charge in [0, 0.05) is 0 Å². The van der Waals surface area contributed by atoms with Crippen LogP contribution < -0.4 is 9.47 Å². The molecule has 0 saturated heterocycles. The predicted octanol–water partition coefficient (Wildman–Crippen LogP) is 9.58. The molecule has 0 aromatic heterocycles. The van der Waals surface area contributed by atoms with Crippen molar-refractivity contribution in [1.82, 2.24) is 0 Å². The lowest BCUT2D eigenvalue weighted by atomic mass is 9.68. The number of hydrogen-bond donors (Lipinski definition) is 0. The van der Waals surface area contributed by atoms with E-state index >= 15 is 0 Å². The SMILES string of the molecule is CCCCOc1ccc(C2(c3ccc(OC(C)(C)CCCC)cc3)c3ccccc3-c3ccccc32)cc1. The largest absolute Gasteiger partial charge is 0.494 e. The second kappa shape index (κ2) is 11.1. The molecule has 1 aliphatic carbocycles. The van der Waals surface area contributed by atoms with Crippen molar-refractivity contribution in [3.63, 3.8) is 0 Å². The highest BCUT2D eigenvalue weighted by molar-refractivity contribution is 5.86. The first-order valence-corrected chi connectivity index (χ1v) is 14.2. The van der Waals surface area contributed by atoms with Crippen LogP contribution in [-0.2, 0) is 5.41 Å². The molecule has 0 saturated carbocycles. The molecule has 4 aromatic rings. The van der Waals surface area contributed by atoms with Gasteiger partial charge in [0.1, 0.15) is 17.1 Å². The molecular weight excluding hydrogens is 464 g/mol. The molecule has 38 heavy (non-hydrogen) atoms. The summed E-state index contributed by atoms with van der Waals surface area (Å²) in [5.41, 5.74) is 7.12. The van der Waals surface area contributed by atoms with Crippen molar-refractivity contribution < 1.29 is 9.47 Å². The molecule has 0 fully saturated rings. The van der Waals surface area contributed by atoms with Gasteiger partial charge in [-0.1, -0.05) is 99.5 Å². The third-order valence-corrected chi connectivity index (χ3v) is 7.82. The van der Waals surface area contributed by atoms with Gasteiger partial charge in [-0.3, -0.25) is 0 Å². The van der Waals surface area contributed by atoms with Crippen molar-refractivity contribution in [3.05, 3.63) is 119 Å². The highest BCUT2D eigenvalue weighted by atomic mass is 16.5. The number of fused-ring (bicyclic) bond motifs is 3. The minimum absolute atomic E-state index is 0.185. The molecule has 0 amide bonds. The Morgan fingerprint density at radius 1 is 0.605 bits per heavy atom. The molecule has 2 heteroatoms. The van der Waals surface area contributed by atoms with Gasteiger partial charge < -0.3 is 9.47 Å². The Kier molecular flexibility index (Phi) is 7.61. The van der Waals surface area contributed by atoms with Gasteiger partial charge in [-0.15, -0.1) is 0 Å². The minimum atomic E-state index is -0.411. The lowest BCUT2D eigenvalue weighted by Crippen LogP contribution is -2.29. The molecule has 0 atom stereocenters. The van der Waals surface area contributed by atoms with Gasteiger partial charge in [-0.05, 0) is 90.8 Å². The molecule has 4 aromatic carbocycles. The summed E-state index contributed by atoms with van der Waals surface area (Å²) in [5, 5.41) is 0. The number of hydrogen-bond acceptors (Lipinski definition) is 2. The maximum Gasteiger partial charge on any atom is 0.120 e. The van der Waals surface area contributed by atoms with E-state index in [1.807, 2.05) is 0 Å². The van der Waals surface area contributed by atoms with Crippen LogP contribution in [0.4, 0.5) is 0 Å². The molecule has 2 nitrogen and oxygen atoms in total. The molecule has 5 rings (SSSR count). The number of ether oxygens (including phenoxy) is 2. The van der Waals surface area contributed by atoms with Gasteiger partial charge in [-0.2, -0.15) is 0 Å². The van der Waals surface area contributed by atoms with E-state index in [1.54, 1.807) is 0 Å². The van der Waals surface area contributed by atoms with E-state index in [0.29, 0.717) is 0 Å². The summed E-state index contributed by atoms with van der Waals surface area (Å²) in [5.74, 6) is 1.85. The van der Waals surface area contributed by atoms with Crippen LogP contribution in [0, 0.1) is 0 Å². The molecule has 0 radical (unpaired) electrons. The summed E-state index contributed by atoms with van der Waals surface area (Å²) in [6, 6.07) is 35.3. The number of unbranched alkanes of at least 4 members (excludes halogenated alkanes) is 2. The van der Waals surface area contributed by atoms with Gasteiger partial charge in [0.05, 0.1) is 12.0 Å². The van der Waals surface area contributed by atoms with E-state index in [0.717, 1.165) is 37.4 Å². The van der Waals surface area contributed by atoms with Crippen LogP contribution >= 0.6 is 0 Å². The summed E-state index contributed by atoms with van der Waals surface area (Å²) in [6.07, 6.45) is 5.58. The van der Waals surface area contributed by atoms with Crippen LogP contribution in [0.5, 0.6) is 11.5 Å². The molecule has 0 bridgehead atoms. The van der Waals surface area contributed by atoms with E-state index in [9.17, 15) is 0 Å². The Morgan fingerprint density at radius 3 is 1.63 bits per heavy atom. The zero-order valence-corrected chi connectivity index (χ0v) is 23.3. The maximum absolute atomic E-state index is 6.45. The number of benzene rings is 4. The van der Waals surface area contributed by atoms with Crippen LogP contribution in [0.2, 0.25) is 0 Å². The van der Waals surface area contributed by atoms with Crippen LogP contribution in [0.15, 0.2) is 97.1 Å². The monoisotopic (exact) mass is 504 g/mol. The third-order valence-electron chi connectivity index (χ3n) is 7.82. The molecule has 0 spiro atoms. The molecular formula is C36H40O2. The van der Waals surface area contributed by atoms with E-state index in [4.69, 9.17) is 9.47 Å². The van der Waals surface area contributed by atoms with E-state index < -0.39 is 5.41 Å². The van der Waals surface area contributed by atoms with Crippen molar-refractivity contribution in [2.24, 2.45) is 0 Å². The standard InChI is InChI=1S/C36H40O2/c1-5-7-25-35(3,4)38-30-23-19-28(20-24-30)36(27-17-21-29(22-18-27)37-26-8-6-2)33-15-11-9-13-31(33)32-14-10-12-16-34(32)36/h9-24H,5-8,25-26H2,1-4H3. The highest BCUT2D eigenvalue weighted by Gasteiger charge is 2.45. The average molecular weight is 505 g/mol. The van der Waals surface area contributed by atoms with E-state index in [-0.39, 0.29) is 5.60 Å². The summed E-state index contributed by atoms with van der Waals surface area (Å²) >= 11 is 0. The van der Waals surface area contributed by atoms with Crippen molar-refractivity contribution in [3.8, 4) is 22.6 Å². The summed E-state index contributed by atoms with van der Waals surface area (Å²) in [7, 11) is 0. The van der Waals surface area contributed by atoms with Crippen LogP contribution in [-0.4, -0.2) is 12.2 Å². The van der Waals surface area contributed by atoms with Crippen molar-refractivity contribution in [2.45, 2.75) is 70.8 Å². The Hall–Kier alpha value is -3.52. The minimum Gasteiger partial charge on any atom is -0.494 e. The molecule has 0 N–H and O–H groups in total. The zero-order chi connectivity index (χ0) is 26.6. The lowest BCUT2D eigenvalue weighted by Gasteiger charge is -2.34. The highest BCUT2D eigenvalue weighted by Crippen LogP contribution is 2.56. The normalized spacial score (nSPS) is 13.6. The second-order valence-electron chi connectivity index (χ2n) is 11.1. The van der Waals surface area contributed by atoms with Crippen molar-refractivity contribution in [2.75, 3.05) is 6.61 Å². The Bertz CT molecular complexity index is 1300. The van der Waals surface area contributed by atoms with E-state index in [2.05, 4.69) is 125 Å². The predicted molar refractivity (Wildman–Crippen MR) is 158 cm³/mol.